The Morgan fingerprint density at radius 3 is 2.73 bits per heavy atom. The Kier molecular flexibility index (Phi) is 5.88. The molecule has 2 aromatic rings. The van der Waals surface area contributed by atoms with Crippen molar-refractivity contribution in [1.29, 1.82) is 0 Å². The lowest BCUT2D eigenvalue weighted by Crippen LogP contribution is -2.23. The van der Waals surface area contributed by atoms with Crippen LogP contribution in [-0.4, -0.2) is 38.7 Å². The molecule has 1 N–H and O–H groups in total. The third-order valence-electron chi connectivity index (χ3n) is 5.07. The van der Waals surface area contributed by atoms with Crippen molar-refractivity contribution in [3.63, 3.8) is 0 Å². The van der Waals surface area contributed by atoms with Crippen LogP contribution in [0.1, 0.15) is 24.0 Å². The molecule has 2 aromatic carbocycles. The summed E-state index contributed by atoms with van der Waals surface area (Å²) in [7, 11) is 1.57. The standard InChI is InChI=1S/C23H24N2O5/c1-28-19-13-17(14-20-23(19)30-12-11-29-20)6-9-21(26)24-15-16-4-7-18(8-5-16)25-10-2-3-22(25)27/h4-9,13-14H,2-3,10-12,15H2,1H3,(H,24,26)/b9-6+. The first-order valence-electron chi connectivity index (χ1n) is 9.97. The maximum absolute atomic E-state index is 12.2. The molecule has 2 heterocycles. The number of carbonyl (C=O) groups excluding carboxylic acids is 2. The number of anilines is 1. The zero-order valence-electron chi connectivity index (χ0n) is 16.8. The second-order valence-electron chi connectivity index (χ2n) is 7.11. The topological polar surface area (TPSA) is 77.1 Å². The fourth-order valence-corrected chi connectivity index (χ4v) is 3.52. The van der Waals surface area contributed by atoms with Crippen LogP contribution in [0.25, 0.3) is 6.08 Å². The number of rotatable bonds is 6. The summed E-state index contributed by atoms with van der Waals surface area (Å²) >= 11 is 0. The van der Waals surface area contributed by atoms with Crippen molar-refractivity contribution in [2.24, 2.45) is 0 Å². The number of fused-ring (bicyclic) bond motifs is 1. The van der Waals surface area contributed by atoms with Gasteiger partial charge in [0, 0.05) is 31.3 Å². The van der Waals surface area contributed by atoms with Gasteiger partial charge in [-0.3, -0.25) is 9.59 Å². The fraction of sp³-hybridized carbons (Fsp3) is 0.304. The lowest BCUT2D eigenvalue weighted by molar-refractivity contribution is -0.117. The van der Waals surface area contributed by atoms with Gasteiger partial charge in [-0.05, 0) is 47.9 Å². The molecular weight excluding hydrogens is 384 g/mol. The number of nitrogens with one attached hydrogen (secondary N) is 1. The zero-order valence-corrected chi connectivity index (χ0v) is 16.8. The molecule has 2 aliphatic rings. The van der Waals surface area contributed by atoms with Gasteiger partial charge in [-0.2, -0.15) is 0 Å². The van der Waals surface area contributed by atoms with Gasteiger partial charge in [0.25, 0.3) is 0 Å². The van der Waals surface area contributed by atoms with E-state index in [1.165, 1.54) is 6.08 Å². The van der Waals surface area contributed by atoms with Gasteiger partial charge in [-0.1, -0.05) is 12.1 Å². The normalized spacial score (nSPS) is 15.5. The Balaban J connectivity index is 1.34. The van der Waals surface area contributed by atoms with E-state index in [0.29, 0.717) is 43.4 Å². The van der Waals surface area contributed by atoms with E-state index >= 15 is 0 Å². The van der Waals surface area contributed by atoms with Crippen LogP contribution >= 0.6 is 0 Å². The third kappa shape index (κ3) is 4.40. The van der Waals surface area contributed by atoms with Crippen LogP contribution in [0.4, 0.5) is 5.69 Å². The molecule has 7 heteroatoms. The van der Waals surface area contributed by atoms with Gasteiger partial charge in [0.15, 0.2) is 11.5 Å². The Bertz CT molecular complexity index is 951. The zero-order chi connectivity index (χ0) is 20.9. The molecule has 0 radical (unpaired) electrons. The fourth-order valence-electron chi connectivity index (χ4n) is 3.52. The largest absolute Gasteiger partial charge is 0.493 e. The smallest absolute Gasteiger partial charge is 0.244 e. The highest BCUT2D eigenvalue weighted by Crippen LogP contribution is 2.40. The van der Waals surface area contributed by atoms with Crippen LogP contribution in [0.2, 0.25) is 0 Å². The van der Waals surface area contributed by atoms with Crippen molar-refractivity contribution in [3.8, 4) is 17.2 Å². The summed E-state index contributed by atoms with van der Waals surface area (Å²) in [5, 5.41) is 2.86. The van der Waals surface area contributed by atoms with Crippen LogP contribution in [0, 0.1) is 0 Å². The van der Waals surface area contributed by atoms with Crippen molar-refractivity contribution in [2.45, 2.75) is 19.4 Å². The summed E-state index contributed by atoms with van der Waals surface area (Å²) < 4.78 is 16.5. The molecule has 0 spiro atoms. The highest BCUT2D eigenvalue weighted by atomic mass is 16.6. The molecule has 0 aliphatic carbocycles. The SMILES string of the molecule is COc1cc(/C=C/C(=O)NCc2ccc(N3CCCC3=O)cc2)cc2c1OCCO2. The quantitative estimate of drug-likeness (QED) is 0.744. The molecule has 4 rings (SSSR count). The molecule has 30 heavy (non-hydrogen) atoms. The predicted molar refractivity (Wildman–Crippen MR) is 113 cm³/mol. The average Bonchev–Trinajstić information content (AvgIpc) is 3.21. The van der Waals surface area contributed by atoms with E-state index in [2.05, 4.69) is 5.32 Å². The van der Waals surface area contributed by atoms with Crippen molar-refractivity contribution in [3.05, 3.63) is 53.6 Å². The Morgan fingerprint density at radius 1 is 1.20 bits per heavy atom. The summed E-state index contributed by atoms with van der Waals surface area (Å²) in [6.45, 7) is 2.14. The first-order chi connectivity index (χ1) is 14.6. The molecule has 0 atom stereocenters. The van der Waals surface area contributed by atoms with Crippen LogP contribution in [0.3, 0.4) is 0 Å². The molecule has 2 aliphatic heterocycles. The number of hydrogen-bond acceptors (Lipinski definition) is 5. The first kappa shape index (κ1) is 19.8. The summed E-state index contributed by atoms with van der Waals surface area (Å²) in [6.07, 6.45) is 4.69. The van der Waals surface area contributed by atoms with Crippen molar-refractivity contribution >= 4 is 23.6 Å². The number of carbonyl (C=O) groups is 2. The second kappa shape index (κ2) is 8.90. The maximum Gasteiger partial charge on any atom is 0.244 e. The van der Waals surface area contributed by atoms with Crippen molar-refractivity contribution in [1.82, 2.24) is 5.32 Å². The van der Waals surface area contributed by atoms with Crippen LogP contribution in [0.5, 0.6) is 17.2 Å². The lowest BCUT2D eigenvalue weighted by Gasteiger charge is -2.20. The Morgan fingerprint density at radius 2 is 2.00 bits per heavy atom. The molecule has 156 valence electrons. The summed E-state index contributed by atoms with van der Waals surface area (Å²) in [6, 6.07) is 11.3. The van der Waals surface area contributed by atoms with E-state index in [0.717, 1.165) is 29.8 Å². The highest BCUT2D eigenvalue weighted by molar-refractivity contribution is 5.95. The molecule has 0 bridgehead atoms. The van der Waals surface area contributed by atoms with Gasteiger partial charge < -0.3 is 24.4 Å². The van der Waals surface area contributed by atoms with Gasteiger partial charge in [0.2, 0.25) is 17.6 Å². The van der Waals surface area contributed by atoms with Crippen LogP contribution < -0.4 is 24.4 Å². The van der Waals surface area contributed by atoms with E-state index in [4.69, 9.17) is 14.2 Å². The number of methoxy groups -OCH3 is 1. The number of ether oxygens (including phenoxy) is 3. The maximum atomic E-state index is 12.2. The molecule has 7 nitrogen and oxygen atoms in total. The predicted octanol–water partition coefficient (Wildman–Crippen LogP) is 2.92. The van der Waals surface area contributed by atoms with Gasteiger partial charge in [-0.25, -0.2) is 0 Å². The van der Waals surface area contributed by atoms with E-state index < -0.39 is 0 Å². The minimum absolute atomic E-state index is 0.164. The van der Waals surface area contributed by atoms with Crippen molar-refractivity contribution < 1.29 is 23.8 Å². The molecule has 2 amide bonds. The number of amides is 2. The first-order valence-corrected chi connectivity index (χ1v) is 9.97. The molecule has 0 aromatic heterocycles. The monoisotopic (exact) mass is 408 g/mol. The highest BCUT2D eigenvalue weighted by Gasteiger charge is 2.21. The van der Waals surface area contributed by atoms with E-state index in [-0.39, 0.29) is 11.8 Å². The molecule has 1 fully saturated rings. The van der Waals surface area contributed by atoms with Crippen molar-refractivity contribution in [2.75, 3.05) is 31.8 Å². The van der Waals surface area contributed by atoms with Gasteiger partial charge in [0.05, 0.1) is 7.11 Å². The summed E-state index contributed by atoms with van der Waals surface area (Å²) in [5.41, 5.74) is 2.65. The summed E-state index contributed by atoms with van der Waals surface area (Å²) in [4.78, 5) is 25.8. The van der Waals surface area contributed by atoms with Crippen LogP contribution in [0.15, 0.2) is 42.5 Å². The number of nitrogens with zero attached hydrogens (tertiary/aromatic N) is 1. The minimum Gasteiger partial charge on any atom is -0.493 e. The van der Waals surface area contributed by atoms with Gasteiger partial charge in [-0.15, -0.1) is 0 Å². The minimum atomic E-state index is -0.206. The van der Waals surface area contributed by atoms with E-state index in [1.807, 2.05) is 30.3 Å². The molecule has 1 saturated heterocycles. The number of benzene rings is 2. The van der Waals surface area contributed by atoms with E-state index in [9.17, 15) is 9.59 Å². The Hall–Kier alpha value is -3.48. The average molecular weight is 408 g/mol. The third-order valence-corrected chi connectivity index (χ3v) is 5.07. The lowest BCUT2D eigenvalue weighted by atomic mass is 10.1. The summed E-state index contributed by atoms with van der Waals surface area (Å²) in [5.74, 6) is 1.73. The van der Waals surface area contributed by atoms with E-state index in [1.54, 1.807) is 24.2 Å². The second-order valence-corrected chi connectivity index (χ2v) is 7.11. The molecular formula is C23H24N2O5. The number of hydrogen-bond donors (Lipinski definition) is 1. The Labute approximate surface area is 175 Å². The van der Waals surface area contributed by atoms with Gasteiger partial charge >= 0.3 is 0 Å². The molecule has 0 saturated carbocycles. The molecule has 0 unspecified atom stereocenters. The van der Waals surface area contributed by atoms with Crippen LogP contribution in [-0.2, 0) is 16.1 Å². The van der Waals surface area contributed by atoms with Gasteiger partial charge in [0.1, 0.15) is 13.2 Å².